The Balaban J connectivity index is 0.00000450. The summed E-state index contributed by atoms with van der Waals surface area (Å²) in [5.74, 6) is 1.12. The van der Waals surface area contributed by atoms with Gasteiger partial charge in [0.25, 0.3) is 0 Å². The van der Waals surface area contributed by atoms with Crippen LogP contribution in [0.15, 0.2) is 35.3 Å². The number of anilines is 1. The number of benzene rings is 1. The Hall–Kier alpha value is -2.32. The number of methoxy groups -OCH3 is 1. The molecule has 0 atom stereocenters. The van der Waals surface area contributed by atoms with Gasteiger partial charge in [0.05, 0.1) is 23.5 Å². The van der Waals surface area contributed by atoms with Crippen LogP contribution >= 0.6 is 24.0 Å². The van der Waals surface area contributed by atoms with E-state index in [0.717, 1.165) is 24.6 Å². The number of hydrogen-bond acceptors (Lipinski definition) is 5. The first-order chi connectivity index (χ1) is 13.9. The summed E-state index contributed by atoms with van der Waals surface area (Å²) >= 11 is 0. The summed E-state index contributed by atoms with van der Waals surface area (Å²) in [5, 5.41) is 20.6. The summed E-state index contributed by atoms with van der Waals surface area (Å²) in [6, 6.07) is 11.8. The van der Waals surface area contributed by atoms with Crippen molar-refractivity contribution in [3.8, 4) is 11.8 Å². The Morgan fingerprint density at radius 3 is 2.60 bits per heavy atom. The van der Waals surface area contributed by atoms with Gasteiger partial charge < -0.3 is 21.1 Å². The van der Waals surface area contributed by atoms with Gasteiger partial charge in [-0.25, -0.2) is 4.68 Å². The van der Waals surface area contributed by atoms with Gasteiger partial charge in [-0.05, 0) is 45.7 Å². The lowest BCUT2D eigenvalue weighted by Crippen LogP contribution is -2.39. The molecule has 30 heavy (non-hydrogen) atoms. The summed E-state index contributed by atoms with van der Waals surface area (Å²) in [7, 11) is 1.68. The van der Waals surface area contributed by atoms with Crippen LogP contribution in [0, 0.1) is 11.3 Å². The summed E-state index contributed by atoms with van der Waals surface area (Å²) in [4.78, 5) is 4.57. The highest BCUT2D eigenvalue weighted by molar-refractivity contribution is 14.0. The van der Waals surface area contributed by atoms with E-state index in [9.17, 15) is 5.26 Å². The molecule has 164 valence electrons. The molecule has 0 aliphatic carbocycles. The standard InChI is InChI=1S/C21H31N7O.HI/c1-5-24-20(26-15-21(2,3)29-4)25-13-9-12-18-17(14-22)19(23)28(27-18)16-10-7-6-8-11-16;/h6-8,10-11H,5,9,12-13,15,23H2,1-4H3,(H2,24,25,26);1H. The Morgan fingerprint density at radius 2 is 2.00 bits per heavy atom. The highest BCUT2D eigenvalue weighted by Gasteiger charge is 2.17. The van der Waals surface area contributed by atoms with Crippen molar-refractivity contribution in [2.75, 3.05) is 32.5 Å². The maximum absolute atomic E-state index is 9.50. The summed E-state index contributed by atoms with van der Waals surface area (Å²) in [6.45, 7) is 8.04. The number of para-hydroxylation sites is 1. The van der Waals surface area contributed by atoms with Crippen LogP contribution in [0.4, 0.5) is 5.82 Å². The highest BCUT2D eigenvalue weighted by Crippen LogP contribution is 2.21. The van der Waals surface area contributed by atoms with E-state index >= 15 is 0 Å². The number of nitrogens with zero attached hydrogens (tertiary/aromatic N) is 4. The zero-order chi connectivity index (χ0) is 21.3. The molecule has 0 aliphatic heterocycles. The molecular weight excluding hydrogens is 493 g/mol. The number of nitrogens with one attached hydrogen (secondary N) is 2. The molecule has 2 aromatic rings. The minimum atomic E-state index is -0.314. The van der Waals surface area contributed by atoms with E-state index < -0.39 is 0 Å². The van der Waals surface area contributed by atoms with Crippen LogP contribution in [0.2, 0.25) is 0 Å². The largest absolute Gasteiger partial charge is 0.382 e. The molecule has 0 saturated heterocycles. The number of hydrogen-bond donors (Lipinski definition) is 3. The van der Waals surface area contributed by atoms with Crippen molar-refractivity contribution in [3.05, 3.63) is 41.6 Å². The first-order valence-corrected chi connectivity index (χ1v) is 9.82. The second kappa shape index (κ2) is 12.4. The molecule has 0 spiro atoms. The highest BCUT2D eigenvalue weighted by atomic mass is 127. The second-order valence-corrected chi connectivity index (χ2v) is 7.26. The number of aliphatic imine (C=N–C) groups is 1. The number of nitrogen functional groups attached to an aromatic ring is 1. The minimum absolute atomic E-state index is 0. The Bertz CT molecular complexity index is 856. The smallest absolute Gasteiger partial charge is 0.191 e. The lowest BCUT2D eigenvalue weighted by atomic mass is 10.1. The zero-order valence-electron chi connectivity index (χ0n) is 18.1. The van der Waals surface area contributed by atoms with Crippen LogP contribution in [-0.4, -0.2) is 48.1 Å². The normalized spacial score (nSPS) is 11.5. The van der Waals surface area contributed by atoms with Crippen LogP contribution in [0.1, 0.15) is 38.4 Å². The van der Waals surface area contributed by atoms with Crippen molar-refractivity contribution in [3.63, 3.8) is 0 Å². The van der Waals surface area contributed by atoms with Gasteiger partial charge in [0.2, 0.25) is 0 Å². The predicted molar refractivity (Wildman–Crippen MR) is 131 cm³/mol. The van der Waals surface area contributed by atoms with Crippen molar-refractivity contribution < 1.29 is 4.74 Å². The molecule has 0 bridgehead atoms. The number of aromatic nitrogens is 2. The zero-order valence-corrected chi connectivity index (χ0v) is 20.4. The quantitative estimate of drug-likeness (QED) is 0.201. The van der Waals surface area contributed by atoms with Crippen molar-refractivity contribution in [1.29, 1.82) is 5.26 Å². The van der Waals surface area contributed by atoms with Crippen LogP contribution in [0.5, 0.6) is 0 Å². The molecular formula is C21H32IN7O. The number of rotatable bonds is 9. The minimum Gasteiger partial charge on any atom is -0.382 e. The summed E-state index contributed by atoms with van der Waals surface area (Å²) in [5.41, 5.74) is 7.83. The monoisotopic (exact) mass is 525 g/mol. The Morgan fingerprint density at radius 1 is 1.30 bits per heavy atom. The molecule has 0 unspecified atom stereocenters. The van der Waals surface area contributed by atoms with E-state index in [-0.39, 0.29) is 29.6 Å². The molecule has 2 rings (SSSR count). The van der Waals surface area contributed by atoms with Crippen LogP contribution < -0.4 is 16.4 Å². The maximum atomic E-state index is 9.50. The molecule has 1 aromatic carbocycles. The maximum Gasteiger partial charge on any atom is 0.191 e. The fourth-order valence-corrected chi connectivity index (χ4v) is 2.68. The van der Waals surface area contributed by atoms with Crippen molar-refractivity contribution in [2.45, 2.75) is 39.2 Å². The number of aryl methyl sites for hydroxylation is 1. The van der Waals surface area contributed by atoms with E-state index in [1.807, 2.05) is 51.1 Å². The first-order valence-electron chi connectivity index (χ1n) is 9.82. The number of guanidine groups is 1. The third-order valence-corrected chi connectivity index (χ3v) is 4.50. The first kappa shape index (κ1) is 25.7. The van der Waals surface area contributed by atoms with Gasteiger partial charge in [0.15, 0.2) is 5.96 Å². The van der Waals surface area contributed by atoms with Crippen molar-refractivity contribution >= 4 is 35.8 Å². The molecule has 0 amide bonds. The molecule has 9 heteroatoms. The summed E-state index contributed by atoms with van der Waals surface area (Å²) in [6.07, 6.45) is 1.43. The Kier molecular flexibility index (Phi) is 10.6. The average molecular weight is 525 g/mol. The fraction of sp³-hybridized carbons (Fsp3) is 0.476. The predicted octanol–water partition coefficient (Wildman–Crippen LogP) is 2.86. The summed E-state index contributed by atoms with van der Waals surface area (Å²) < 4.78 is 7.03. The number of halogens is 1. The van der Waals surface area contributed by atoms with Crippen molar-refractivity contribution in [1.82, 2.24) is 20.4 Å². The van der Waals surface area contributed by atoms with Gasteiger partial charge in [-0.3, -0.25) is 4.99 Å². The SMILES string of the molecule is CCNC(=NCC(C)(C)OC)NCCCc1nn(-c2ccccc2)c(N)c1C#N.I. The van der Waals surface area contributed by atoms with Gasteiger partial charge in [0, 0.05) is 20.2 Å². The second-order valence-electron chi connectivity index (χ2n) is 7.26. The number of nitriles is 1. The third-order valence-electron chi connectivity index (χ3n) is 4.50. The van der Waals surface area contributed by atoms with Crippen LogP contribution in [0.25, 0.3) is 5.69 Å². The molecule has 4 N–H and O–H groups in total. The molecule has 1 heterocycles. The molecule has 0 saturated carbocycles. The average Bonchev–Trinajstić information content (AvgIpc) is 3.05. The molecule has 0 aliphatic rings. The van der Waals surface area contributed by atoms with E-state index in [1.54, 1.807) is 11.8 Å². The van der Waals surface area contributed by atoms with Gasteiger partial charge in [-0.2, -0.15) is 10.4 Å². The van der Waals surface area contributed by atoms with E-state index in [1.165, 1.54) is 0 Å². The number of nitrogens with two attached hydrogens (primary N) is 1. The van der Waals surface area contributed by atoms with E-state index in [0.29, 0.717) is 36.6 Å². The molecule has 1 aromatic heterocycles. The van der Waals surface area contributed by atoms with Crippen molar-refractivity contribution in [2.24, 2.45) is 4.99 Å². The lowest BCUT2D eigenvalue weighted by molar-refractivity contribution is 0.0310. The molecule has 0 radical (unpaired) electrons. The number of ether oxygens (including phenoxy) is 1. The van der Waals surface area contributed by atoms with Crippen LogP contribution in [0.3, 0.4) is 0 Å². The molecule has 0 fully saturated rings. The Labute approximate surface area is 195 Å². The fourth-order valence-electron chi connectivity index (χ4n) is 2.68. The topological polar surface area (TPSA) is 113 Å². The van der Waals surface area contributed by atoms with E-state index in [4.69, 9.17) is 10.5 Å². The lowest BCUT2D eigenvalue weighted by Gasteiger charge is -2.21. The van der Waals surface area contributed by atoms with Gasteiger partial charge in [-0.15, -0.1) is 24.0 Å². The van der Waals surface area contributed by atoms with Gasteiger partial charge >= 0.3 is 0 Å². The third kappa shape index (κ3) is 7.18. The van der Waals surface area contributed by atoms with Gasteiger partial charge in [0.1, 0.15) is 17.5 Å². The van der Waals surface area contributed by atoms with Gasteiger partial charge in [-0.1, -0.05) is 18.2 Å². The van der Waals surface area contributed by atoms with E-state index in [2.05, 4.69) is 26.8 Å². The molecule has 8 nitrogen and oxygen atoms in total. The van der Waals surface area contributed by atoms with Crippen LogP contribution in [-0.2, 0) is 11.2 Å².